The molecule has 2 heterocycles. The van der Waals surface area contributed by atoms with Gasteiger partial charge in [-0.25, -0.2) is 9.78 Å². The third-order valence-electron chi connectivity index (χ3n) is 2.97. The lowest BCUT2D eigenvalue weighted by Crippen LogP contribution is -2.13. The quantitative estimate of drug-likeness (QED) is 0.744. The second kappa shape index (κ2) is 6.25. The van der Waals surface area contributed by atoms with E-state index in [2.05, 4.69) is 10.3 Å². The number of rotatable bonds is 4. The van der Waals surface area contributed by atoms with Crippen molar-refractivity contribution >= 4 is 49.9 Å². The van der Waals surface area contributed by atoms with Crippen molar-refractivity contribution in [2.45, 2.75) is 6.42 Å². The second-order valence-electron chi connectivity index (χ2n) is 4.50. The molecule has 0 aliphatic rings. The van der Waals surface area contributed by atoms with Crippen LogP contribution >= 0.6 is 22.7 Å². The third kappa shape index (κ3) is 3.15. The fraction of sp³-hybridized carbons (Fsp3) is 0.133. The zero-order valence-electron chi connectivity index (χ0n) is 11.7. The van der Waals surface area contributed by atoms with Crippen LogP contribution in [0.1, 0.15) is 15.2 Å². The molecule has 7 heteroatoms. The first kappa shape index (κ1) is 14.7. The molecule has 0 aliphatic carbocycles. The molecule has 0 atom stereocenters. The molecule has 0 saturated heterocycles. The Hall–Kier alpha value is -2.25. The van der Waals surface area contributed by atoms with Gasteiger partial charge in [0.1, 0.15) is 0 Å². The van der Waals surface area contributed by atoms with Crippen LogP contribution in [0.3, 0.4) is 0 Å². The molecule has 1 amide bonds. The van der Waals surface area contributed by atoms with E-state index in [9.17, 15) is 9.59 Å². The largest absolute Gasteiger partial charge is 0.465 e. The molecule has 112 valence electrons. The van der Waals surface area contributed by atoms with Gasteiger partial charge in [-0.3, -0.25) is 4.79 Å². The fourth-order valence-corrected chi connectivity index (χ4v) is 3.58. The number of benzene rings is 1. The van der Waals surface area contributed by atoms with Gasteiger partial charge in [0.2, 0.25) is 5.91 Å². The number of hydrogen-bond donors (Lipinski definition) is 1. The Kier molecular flexibility index (Phi) is 4.17. The number of amides is 1. The molecule has 3 aromatic rings. The summed E-state index contributed by atoms with van der Waals surface area (Å²) in [4.78, 5) is 28.8. The summed E-state index contributed by atoms with van der Waals surface area (Å²) in [5, 5.41) is 5.26. The van der Waals surface area contributed by atoms with Crippen molar-refractivity contribution in [2.24, 2.45) is 0 Å². The molecule has 0 bridgehead atoms. The molecule has 0 unspecified atom stereocenters. The van der Waals surface area contributed by atoms with E-state index >= 15 is 0 Å². The van der Waals surface area contributed by atoms with Crippen LogP contribution in [0.15, 0.2) is 35.7 Å². The summed E-state index contributed by atoms with van der Waals surface area (Å²) >= 11 is 2.88. The molecular weight excluding hydrogens is 320 g/mol. The Balaban J connectivity index is 1.77. The van der Waals surface area contributed by atoms with Crippen LogP contribution in [0.25, 0.3) is 10.2 Å². The van der Waals surface area contributed by atoms with E-state index in [0.29, 0.717) is 17.1 Å². The normalized spacial score (nSPS) is 10.6. The molecule has 5 nitrogen and oxygen atoms in total. The molecule has 1 aromatic carbocycles. The summed E-state index contributed by atoms with van der Waals surface area (Å²) in [7, 11) is 1.34. The van der Waals surface area contributed by atoms with Crippen LogP contribution in [0.2, 0.25) is 0 Å². The first-order chi connectivity index (χ1) is 10.7. The van der Waals surface area contributed by atoms with E-state index in [0.717, 1.165) is 15.1 Å². The second-order valence-corrected chi connectivity index (χ2v) is 6.56. The first-order valence-corrected chi connectivity index (χ1v) is 8.16. The Bertz CT molecular complexity index is 825. The Morgan fingerprint density at radius 3 is 2.91 bits per heavy atom. The summed E-state index contributed by atoms with van der Waals surface area (Å²) < 4.78 is 5.52. The number of nitrogens with zero attached hydrogens (tertiary/aromatic N) is 1. The van der Waals surface area contributed by atoms with Crippen LogP contribution in [0, 0.1) is 0 Å². The Morgan fingerprint density at radius 1 is 1.32 bits per heavy atom. The molecule has 0 saturated carbocycles. The van der Waals surface area contributed by atoms with E-state index in [1.807, 2.05) is 17.5 Å². The molecule has 22 heavy (non-hydrogen) atoms. The van der Waals surface area contributed by atoms with Gasteiger partial charge >= 0.3 is 5.97 Å². The lowest BCUT2D eigenvalue weighted by atomic mass is 10.2. The predicted molar refractivity (Wildman–Crippen MR) is 87.6 cm³/mol. The third-order valence-corrected chi connectivity index (χ3v) is 4.78. The number of fused-ring (bicyclic) bond motifs is 1. The van der Waals surface area contributed by atoms with E-state index in [1.165, 1.54) is 18.4 Å². The minimum absolute atomic E-state index is 0.102. The zero-order chi connectivity index (χ0) is 15.5. The number of nitrogens with one attached hydrogen (secondary N) is 1. The number of aromatic nitrogens is 1. The number of carbonyl (C=O) groups excluding carboxylic acids is 2. The Morgan fingerprint density at radius 2 is 2.18 bits per heavy atom. The molecule has 0 fully saturated rings. The van der Waals surface area contributed by atoms with Crippen molar-refractivity contribution in [2.75, 3.05) is 12.4 Å². The highest BCUT2D eigenvalue weighted by Crippen LogP contribution is 2.27. The van der Waals surface area contributed by atoms with Crippen molar-refractivity contribution in [1.82, 2.24) is 4.98 Å². The standard InChI is InChI=1S/C15H12N2O3S2/c1-20-14(19)9-4-5-11-12(7-9)22-15(16-11)17-13(18)8-10-3-2-6-21-10/h2-7H,8H2,1H3,(H,16,17,18). The summed E-state index contributed by atoms with van der Waals surface area (Å²) in [6.07, 6.45) is 0.334. The number of ether oxygens (including phenoxy) is 1. The average molecular weight is 332 g/mol. The molecular formula is C15H12N2O3S2. The summed E-state index contributed by atoms with van der Waals surface area (Å²) in [6, 6.07) is 8.95. The van der Waals surface area contributed by atoms with Crippen molar-refractivity contribution in [3.05, 3.63) is 46.2 Å². The SMILES string of the molecule is COC(=O)c1ccc2nc(NC(=O)Cc3cccs3)sc2c1. The van der Waals surface area contributed by atoms with Gasteiger partial charge < -0.3 is 10.1 Å². The molecule has 2 aromatic heterocycles. The maximum atomic E-state index is 12.0. The van der Waals surface area contributed by atoms with E-state index < -0.39 is 5.97 Å². The summed E-state index contributed by atoms with van der Waals surface area (Å²) in [5.74, 6) is -0.492. The van der Waals surface area contributed by atoms with Gasteiger partial charge in [0.05, 0.1) is 29.3 Å². The van der Waals surface area contributed by atoms with E-state index in [-0.39, 0.29) is 5.91 Å². The summed E-state index contributed by atoms with van der Waals surface area (Å²) in [6.45, 7) is 0. The Labute approximate surface area is 134 Å². The number of hydrogen-bond acceptors (Lipinski definition) is 6. The molecule has 0 aliphatic heterocycles. The number of thiazole rings is 1. The van der Waals surface area contributed by atoms with Crippen LogP contribution in [0.4, 0.5) is 5.13 Å². The summed E-state index contributed by atoms with van der Waals surface area (Å²) in [5.41, 5.74) is 1.21. The minimum Gasteiger partial charge on any atom is -0.465 e. The van der Waals surface area contributed by atoms with E-state index in [1.54, 1.807) is 29.5 Å². The zero-order valence-corrected chi connectivity index (χ0v) is 13.3. The predicted octanol–water partition coefficient (Wildman–Crippen LogP) is 3.33. The topological polar surface area (TPSA) is 68.3 Å². The highest BCUT2D eigenvalue weighted by atomic mass is 32.1. The van der Waals surface area contributed by atoms with E-state index in [4.69, 9.17) is 4.74 Å². The molecule has 3 rings (SSSR count). The van der Waals surface area contributed by atoms with Crippen molar-refractivity contribution in [3.63, 3.8) is 0 Å². The fourth-order valence-electron chi connectivity index (χ4n) is 1.96. The van der Waals surface area contributed by atoms with Gasteiger partial charge in [-0.15, -0.1) is 11.3 Å². The van der Waals surface area contributed by atoms with Crippen molar-refractivity contribution < 1.29 is 14.3 Å². The maximum absolute atomic E-state index is 12.0. The number of anilines is 1. The number of thiophene rings is 1. The van der Waals surface area contributed by atoms with Gasteiger partial charge in [0.25, 0.3) is 0 Å². The number of esters is 1. The monoisotopic (exact) mass is 332 g/mol. The van der Waals surface area contributed by atoms with Crippen LogP contribution in [-0.4, -0.2) is 24.0 Å². The van der Waals surface area contributed by atoms with Crippen molar-refractivity contribution in [3.8, 4) is 0 Å². The maximum Gasteiger partial charge on any atom is 0.337 e. The van der Waals surface area contributed by atoms with Gasteiger partial charge in [-0.05, 0) is 29.6 Å². The average Bonchev–Trinajstić information content (AvgIpc) is 3.14. The lowest BCUT2D eigenvalue weighted by Gasteiger charge is -1.98. The lowest BCUT2D eigenvalue weighted by molar-refractivity contribution is -0.115. The van der Waals surface area contributed by atoms with Crippen LogP contribution in [0.5, 0.6) is 0 Å². The molecule has 0 radical (unpaired) electrons. The smallest absolute Gasteiger partial charge is 0.337 e. The van der Waals surface area contributed by atoms with Gasteiger partial charge in [0.15, 0.2) is 5.13 Å². The highest BCUT2D eigenvalue weighted by molar-refractivity contribution is 7.22. The highest BCUT2D eigenvalue weighted by Gasteiger charge is 2.11. The van der Waals surface area contributed by atoms with Gasteiger partial charge in [-0.2, -0.15) is 0 Å². The van der Waals surface area contributed by atoms with Gasteiger partial charge in [-0.1, -0.05) is 17.4 Å². The molecule has 1 N–H and O–H groups in total. The van der Waals surface area contributed by atoms with Crippen LogP contribution < -0.4 is 5.32 Å². The van der Waals surface area contributed by atoms with Gasteiger partial charge in [0, 0.05) is 4.88 Å². The van der Waals surface area contributed by atoms with Crippen molar-refractivity contribution in [1.29, 1.82) is 0 Å². The minimum atomic E-state index is -0.390. The number of methoxy groups -OCH3 is 1. The first-order valence-electron chi connectivity index (χ1n) is 6.47. The number of carbonyl (C=O) groups is 2. The van der Waals surface area contributed by atoms with Crippen LogP contribution in [-0.2, 0) is 16.0 Å². The molecule has 0 spiro atoms.